The minimum Gasteiger partial charge on any atom is -0.467 e. The monoisotopic (exact) mass is 355 g/mol. The van der Waals surface area contributed by atoms with Crippen LogP contribution in [0.15, 0.2) is 18.3 Å². The summed E-state index contributed by atoms with van der Waals surface area (Å²) in [7, 11) is 0. The number of hydrogen-bond acceptors (Lipinski definition) is 6. The average molecular weight is 356 g/mol. The molecule has 0 aliphatic rings. The summed E-state index contributed by atoms with van der Waals surface area (Å²) in [6, 6.07) is 0.310. The van der Waals surface area contributed by atoms with E-state index in [4.69, 9.17) is 4.74 Å². The minimum absolute atomic E-state index is 0.147. The molecule has 0 saturated carbocycles. The van der Waals surface area contributed by atoms with Crippen LogP contribution >= 0.6 is 11.3 Å². The molecule has 1 aromatic rings. The Morgan fingerprint density at radius 2 is 2.17 bits per heavy atom. The number of nitrogens with zero attached hydrogens (tertiary/aromatic N) is 1. The molecule has 0 aliphatic carbocycles. The zero-order valence-electron chi connectivity index (χ0n) is 14.9. The quantitative estimate of drug-likeness (QED) is 0.419. The van der Waals surface area contributed by atoms with E-state index in [9.17, 15) is 9.90 Å². The van der Waals surface area contributed by atoms with E-state index < -0.39 is 6.10 Å². The standard InChI is InChI=1S/C17H29N3O3S/c1-12(2)7-5-6-8-18-16(22)15-10-20-17(24-15)23-11-14(21)9-19-13(3)4/h5,7,10,12-14,19,21H,6,8-9,11H2,1-4H3,(H,18,22)/b7-5-. The molecule has 7 heteroatoms. The van der Waals surface area contributed by atoms with Gasteiger partial charge in [-0.15, -0.1) is 0 Å². The van der Waals surface area contributed by atoms with Crippen LogP contribution in [0.4, 0.5) is 0 Å². The zero-order valence-corrected chi connectivity index (χ0v) is 15.7. The summed E-state index contributed by atoms with van der Waals surface area (Å²) in [5, 5.41) is 16.2. The lowest BCUT2D eigenvalue weighted by atomic mass is 10.2. The van der Waals surface area contributed by atoms with Gasteiger partial charge in [-0.05, 0) is 12.3 Å². The van der Waals surface area contributed by atoms with E-state index in [-0.39, 0.29) is 12.5 Å². The van der Waals surface area contributed by atoms with Gasteiger partial charge in [-0.1, -0.05) is 51.2 Å². The largest absolute Gasteiger partial charge is 0.467 e. The number of nitrogens with one attached hydrogen (secondary N) is 2. The third-order valence-corrected chi connectivity index (χ3v) is 3.90. The van der Waals surface area contributed by atoms with E-state index >= 15 is 0 Å². The van der Waals surface area contributed by atoms with Crippen LogP contribution in [0.25, 0.3) is 0 Å². The van der Waals surface area contributed by atoms with E-state index in [2.05, 4.69) is 41.6 Å². The second-order valence-corrected chi connectivity index (χ2v) is 7.23. The summed E-state index contributed by atoms with van der Waals surface area (Å²) in [5.74, 6) is 0.371. The maximum absolute atomic E-state index is 12.0. The molecule has 136 valence electrons. The number of carbonyl (C=O) groups is 1. The first-order valence-electron chi connectivity index (χ1n) is 8.33. The van der Waals surface area contributed by atoms with Gasteiger partial charge in [0.2, 0.25) is 0 Å². The molecular weight excluding hydrogens is 326 g/mol. The smallest absolute Gasteiger partial charge is 0.273 e. The Balaban J connectivity index is 2.30. The van der Waals surface area contributed by atoms with Crippen LogP contribution in [0.5, 0.6) is 5.19 Å². The fraction of sp³-hybridized carbons (Fsp3) is 0.647. The first-order chi connectivity index (χ1) is 11.4. The van der Waals surface area contributed by atoms with Crippen LogP contribution < -0.4 is 15.4 Å². The summed E-state index contributed by atoms with van der Waals surface area (Å²) in [6.07, 6.45) is 5.88. The van der Waals surface area contributed by atoms with Crippen molar-refractivity contribution in [3.8, 4) is 5.19 Å². The number of amides is 1. The van der Waals surface area contributed by atoms with E-state index in [1.165, 1.54) is 17.5 Å². The van der Waals surface area contributed by atoms with Gasteiger partial charge in [-0.2, -0.15) is 0 Å². The Morgan fingerprint density at radius 1 is 1.42 bits per heavy atom. The Hall–Kier alpha value is -1.44. The molecule has 0 fully saturated rings. The number of thiazole rings is 1. The molecule has 0 spiro atoms. The van der Waals surface area contributed by atoms with Gasteiger partial charge in [-0.3, -0.25) is 4.79 Å². The molecule has 3 N–H and O–H groups in total. The first-order valence-corrected chi connectivity index (χ1v) is 9.15. The van der Waals surface area contributed by atoms with Gasteiger partial charge in [0.25, 0.3) is 11.1 Å². The van der Waals surface area contributed by atoms with Crippen molar-refractivity contribution in [1.82, 2.24) is 15.6 Å². The number of hydrogen-bond donors (Lipinski definition) is 3. The van der Waals surface area contributed by atoms with Crippen molar-refractivity contribution in [2.75, 3.05) is 19.7 Å². The lowest BCUT2D eigenvalue weighted by Crippen LogP contribution is -2.35. The van der Waals surface area contributed by atoms with Gasteiger partial charge in [0, 0.05) is 19.1 Å². The molecule has 0 aromatic carbocycles. The fourth-order valence-corrected chi connectivity index (χ4v) is 2.44. The molecule has 1 amide bonds. The molecule has 1 atom stereocenters. The molecule has 1 rings (SSSR count). The van der Waals surface area contributed by atoms with Crippen LogP contribution in [0, 0.1) is 5.92 Å². The highest BCUT2D eigenvalue weighted by Gasteiger charge is 2.12. The maximum Gasteiger partial charge on any atom is 0.273 e. The predicted molar refractivity (Wildman–Crippen MR) is 97.7 cm³/mol. The van der Waals surface area contributed by atoms with Crippen molar-refractivity contribution in [2.24, 2.45) is 5.92 Å². The summed E-state index contributed by atoms with van der Waals surface area (Å²) in [5.41, 5.74) is 0. The second-order valence-electron chi connectivity index (χ2n) is 6.23. The summed E-state index contributed by atoms with van der Waals surface area (Å²) < 4.78 is 5.43. The molecule has 0 radical (unpaired) electrons. The molecule has 1 heterocycles. The number of aliphatic hydroxyl groups is 1. The number of aromatic nitrogens is 1. The van der Waals surface area contributed by atoms with E-state index in [0.717, 1.165) is 6.42 Å². The summed E-state index contributed by atoms with van der Waals surface area (Å²) in [4.78, 5) is 16.6. The van der Waals surface area contributed by atoms with Gasteiger partial charge in [0.1, 0.15) is 17.6 Å². The van der Waals surface area contributed by atoms with E-state index in [1.54, 1.807) is 0 Å². The average Bonchev–Trinajstić information content (AvgIpc) is 2.99. The van der Waals surface area contributed by atoms with Crippen LogP contribution in [-0.4, -0.2) is 47.8 Å². The van der Waals surface area contributed by atoms with Crippen molar-refractivity contribution in [3.05, 3.63) is 23.2 Å². The van der Waals surface area contributed by atoms with Crippen LogP contribution in [0.3, 0.4) is 0 Å². The fourth-order valence-electron chi connectivity index (χ4n) is 1.75. The summed E-state index contributed by atoms with van der Waals surface area (Å²) >= 11 is 1.18. The molecule has 0 aliphatic heterocycles. The Kier molecular flexibility index (Phi) is 9.59. The van der Waals surface area contributed by atoms with Crippen molar-refractivity contribution in [1.29, 1.82) is 0 Å². The van der Waals surface area contributed by atoms with Gasteiger partial charge in [-0.25, -0.2) is 4.98 Å². The van der Waals surface area contributed by atoms with Crippen molar-refractivity contribution < 1.29 is 14.6 Å². The van der Waals surface area contributed by atoms with Crippen LogP contribution in [0.2, 0.25) is 0 Å². The highest BCUT2D eigenvalue weighted by molar-refractivity contribution is 7.15. The number of rotatable bonds is 11. The highest BCUT2D eigenvalue weighted by Crippen LogP contribution is 2.20. The second kappa shape index (κ2) is 11.2. The minimum atomic E-state index is -0.610. The molecule has 6 nitrogen and oxygen atoms in total. The van der Waals surface area contributed by atoms with Crippen LogP contribution in [0.1, 0.15) is 43.8 Å². The molecule has 1 aromatic heterocycles. The lowest BCUT2D eigenvalue weighted by molar-refractivity contribution is 0.0958. The Labute approximate surface area is 148 Å². The number of carbonyl (C=O) groups excluding carboxylic acids is 1. The van der Waals surface area contributed by atoms with Crippen molar-refractivity contribution >= 4 is 17.2 Å². The topological polar surface area (TPSA) is 83.5 Å². The Bertz CT molecular complexity index is 515. The van der Waals surface area contributed by atoms with Crippen molar-refractivity contribution in [2.45, 2.75) is 46.3 Å². The zero-order chi connectivity index (χ0) is 17.9. The van der Waals surface area contributed by atoms with Gasteiger partial charge >= 0.3 is 0 Å². The summed E-state index contributed by atoms with van der Waals surface area (Å²) in [6.45, 7) is 9.45. The predicted octanol–water partition coefficient (Wildman–Crippen LogP) is 2.21. The Morgan fingerprint density at radius 3 is 2.83 bits per heavy atom. The number of aliphatic hydroxyl groups excluding tert-OH is 1. The van der Waals surface area contributed by atoms with Gasteiger partial charge in [0.15, 0.2) is 0 Å². The lowest BCUT2D eigenvalue weighted by Gasteiger charge is -2.13. The van der Waals surface area contributed by atoms with Crippen molar-refractivity contribution in [3.63, 3.8) is 0 Å². The normalized spacial score (nSPS) is 13.0. The van der Waals surface area contributed by atoms with E-state index in [1.807, 2.05) is 13.8 Å². The molecule has 0 bridgehead atoms. The molecule has 0 saturated heterocycles. The third-order valence-electron chi connectivity index (χ3n) is 2.99. The van der Waals surface area contributed by atoms with Crippen LogP contribution in [-0.2, 0) is 0 Å². The highest BCUT2D eigenvalue weighted by atomic mass is 32.1. The molecule has 1 unspecified atom stereocenters. The third kappa shape index (κ3) is 9.00. The van der Waals surface area contributed by atoms with Gasteiger partial charge in [0.05, 0.1) is 6.20 Å². The maximum atomic E-state index is 12.0. The van der Waals surface area contributed by atoms with Gasteiger partial charge < -0.3 is 20.5 Å². The molecular formula is C17H29N3O3S. The molecule has 24 heavy (non-hydrogen) atoms. The number of ether oxygens (including phenoxy) is 1. The van der Waals surface area contributed by atoms with E-state index in [0.29, 0.717) is 35.1 Å². The first kappa shape index (κ1) is 20.6. The number of allylic oxidation sites excluding steroid dienone is 1. The SMILES string of the molecule is CC(C)/C=C\CCNC(=O)c1cnc(OCC(O)CNC(C)C)s1.